The number of anilines is 1. The van der Waals surface area contributed by atoms with Crippen molar-refractivity contribution in [2.45, 2.75) is 6.92 Å². The minimum absolute atomic E-state index is 0.920. The van der Waals surface area contributed by atoms with Crippen LogP contribution in [0.15, 0.2) is 30.3 Å². The van der Waals surface area contributed by atoms with Crippen LogP contribution < -0.4 is 4.90 Å². The normalized spacial score (nSPS) is 9.69. The molecule has 0 saturated carbocycles. The third kappa shape index (κ3) is 2.71. The molecule has 0 aromatic heterocycles. The Balaban J connectivity index is 2.85. The lowest BCUT2D eigenvalue weighted by Gasteiger charge is -2.21. The predicted molar refractivity (Wildman–Crippen MR) is 65.6 cm³/mol. The largest absolute Gasteiger partial charge is 0.328 e. The minimum atomic E-state index is 0.920. The zero-order chi connectivity index (χ0) is 9.68. The lowest BCUT2D eigenvalue weighted by atomic mass is 10.3. The highest BCUT2D eigenvalue weighted by atomic mass is 32.2. The molecule has 0 saturated heterocycles. The molecule has 70 valence electrons. The number of hydrogen-bond donors (Lipinski definition) is 0. The fraction of sp³-hybridized carbons (Fsp3) is 0.300. The number of nitrogens with zero attached hydrogens (tertiary/aromatic N) is 1. The molecule has 13 heavy (non-hydrogen) atoms. The van der Waals surface area contributed by atoms with Crippen molar-refractivity contribution in [1.29, 1.82) is 0 Å². The molecule has 1 aromatic rings. The molecule has 0 fully saturated rings. The smallest absolute Gasteiger partial charge is 0.140 e. The maximum atomic E-state index is 5.25. The Bertz CT molecular complexity index is 272. The van der Waals surface area contributed by atoms with Crippen LogP contribution in [0.3, 0.4) is 0 Å². The Hall–Kier alpha value is -0.540. The van der Waals surface area contributed by atoms with Crippen LogP contribution in [0.25, 0.3) is 0 Å². The molecule has 3 heteroatoms. The van der Waals surface area contributed by atoms with E-state index < -0.39 is 0 Å². The number of thiocarbonyl (C=S) groups is 1. The quantitative estimate of drug-likeness (QED) is 0.692. The van der Waals surface area contributed by atoms with Crippen molar-refractivity contribution in [2.75, 3.05) is 17.7 Å². The molecule has 0 aliphatic carbocycles. The van der Waals surface area contributed by atoms with Gasteiger partial charge in [0.25, 0.3) is 0 Å². The summed E-state index contributed by atoms with van der Waals surface area (Å²) in [6, 6.07) is 10.2. The van der Waals surface area contributed by atoms with Gasteiger partial charge in [0.2, 0.25) is 0 Å². The van der Waals surface area contributed by atoms with Gasteiger partial charge in [0, 0.05) is 12.2 Å². The summed E-state index contributed by atoms with van der Waals surface area (Å²) in [5, 5.41) is 0. The Labute approximate surface area is 89.1 Å². The molecule has 0 aliphatic rings. The fourth-order valence-electron chi connectivity index (χ4n) is 1.14. The summed E-state index contributed by atoms with van der Waals surface area (Å²) >= 11 is 6.86. The fourth-order valence-corrected chi connectivity index (χ4v) is 1.82. The number of hydrogen-bond acceptors (Lipinski definition) is 2. The molecule has 1 aromatic carbocycles. The van der Waals surface area contributed by atoms with Crippen LogP contribution in [-0.2, 0) is 0 Å². The van der Waals surface area contributed by atoms with Crippen molar-refractivity contribution in [1.82, 2.24) is 0 Å². The van der Waals surface area contributed by atoms with Crippen molar-refractivity contribution < 1.29 is 0 Å². The second-order valence-electron chi connectivity index (χ2n) is 2.55. The second-order valence-corrected chi connectivity index (χ2v) is 3.99. The zero-order valence-electron chi connectivity index (χ0n) is 7.86. The standard InChI is InChI=1S/C10H13NS2/c1-3-11(10(12)13-2)9-7-5-4-6-8-9/h4-8H,3H2,1-2H3. The van der Waals surface area contributed by atoms with Crippen LogP contribution in [-0.4, -0.2) is 17.1 Å². The highest BCUT2D eigenvalue weighted by molar-refractivity contribution is 8.22. The van der Waals surface area contributed by atoms with E-state index in [0.29, 0.717) is 0 Å². The first-order chi connectivity index (χ1) is 6.29. The number of benzene rings is 1. The van der Waals surface area contributed by atoms with Crippen LogP contribution in [0.2, 0.25) is 0 Å². The van der Waals surface area contributed by atoms with Crippen LogP contribution in [0.1, 0.15) is 6.92 Å². The summed E-state index contributed by atoms with van der Waals surface area (Å²) in [7, 11) is 0. The molecule has 0 atom stereocenters. The summed E-state index contributed by atoms with van der Waals surface area (Å²) in [6.45, 7) is 3.03. The molecular formula is C10H13NS2. The molecule has 0 unspecified atom stereocenters. The van der Waals surface area contributed by atoms with Gasteiger partial charge >= 0.3 is 0 Å². The number of rotatable bonds is 2. The highest BCUT2D eigenvalue weighted by Crippen LogP contribution is 2.17. The van der Waals surface area contributed by atoms with Crippen molar-refractivity contribution in [3.8, 4) is 0 Å². The lowest BCUT2D eigenvalue weighted by molar-refractivity contribution is 1.08. The van der Waals surface area contributed by atoms with Gasteiger partial charge in [0.15, 0.2) is 0 Å². The topological polar surface area (TPSA) is 3.24 Å². The van der Waals surface area contributed by atoms with Gasteiger partial charge in [0.1, 0.15) is 4.32 Å². The molecule has 0 aliphatic heterocycles. The molecule has 1 rings (SSSR count). The van der Waals surface area contributed by atoms with E-state index in [1.807, 2.05) is 24.5 Å². The van der Waals surface area contributed by atoms with Gasteiger partial charge in [-0.25, -0.2) is 0 Å². The predicted octanol–water partition coefficient (Wildman–Crippen LogP) is 3.16. The maximum absolute atomic E-state index is 5.25. The van der Waals surface area contributed by atoms with E-state index >= 15 is 0 Å². The molecular weight excluding hydrogens is 198 g/mol. The van der Waals surface area contributed by atoms with Crippen molar-refractivity contribution in [2.24, 2.45) is 0 Å². The number of thioether (sulfide) groups is 1. The summed E-state index contributed by atoms with van der Waals surface area (Å²) in [6.07, 6.45) is 2.01. The van der Waals surface area contributed by atoms with Gasteiger partial charge < -0.3 is 4.90 Å². The number of para-hydroxylation sites is 1. The summed E-state index contributed by atoms with van der Waals surface area (Å²) in [4.78, 5) is 2.12. The minimum Gasteiger partial charge on any atom is -0.328 e. The molecule has 0 heterocycles. The molecule has 0 radical (unpaired) electrons. The first kappa shape index (κ1) is 10.5. The molecule has 0 amide bonds. The molecule has 0 bridgehead atoms. The maximum Gasteiger partial charge on any atom is 0.140 e. The van der Waals surface area contributed by atoms with Crippen molar-refractivity contribution in [3.05, 3.63) is 30.3 Å². The molecule has 0 N–H and O–H groups in total. The Morgan fingerprint density at radius 1 is 1.38 bits per heavy atom. The average molecular weight is 211 g/mol. The molecule has 1 nitrogen and oxygen atoms in total. The van der Waals surface area contributed by atoms with E-state index in [9.17, 15) is 0 Å². The monoisotopic (exact) mass is 211 g/mol. The first-order valence-electron chi connectivity index (χ1n) is 4.20. The van der Waals surface area contributed by atoms with Crippen LogP contribution in [0, 0.1) is 0 Å². The summed E-state index contributed by atoms with van der Waals surface area (Å²) in [5.41, 5.74) is 1.17. The van der Waals surface area contributed by atoms with Crippen LogP contribution in [0.4, 0.5) is 5.69 Å². The van der Waals surface area contributed by atoms with E-state index in [1.165, 1.54) is 5.69 Å². The van der Waals surface area contributed by atoms with Gasteiger partial charge in [-0.2, -0.15) is 0 Å². The lowest BCUT2D eigenvalue weighted by Crippen LogP contribution is -2.26. The van der Waals surface area contributed by atoms with E-state index in [-0.39, 0.29) is 0 Å². The van der Waals surface area contributed by atoms with Crippen LogP contribution in [0.5, 0.6) is 0 Å². The summed E-state index contributed by atoms with van der Waals surface area (Å²) in [5.74, 6) is 0. The third-order valence-corrected chi connectivity index (χ3v) is 3.07. The third-order valence-electron chi connectivity index (χ3n) is 1.78. The van der Waals surface area contributed by atoms with E-state index in [2.05, 4.69) is 24.0 Å². The van der Waals surface area contributed by atoms with Gasteiger partial charge in [-0.3, -0.25) is 0 Å². The Kier molecular flexibility index (Phi) is 4.25. The SMILES string of the molecule is CCN(C(=S)SC)c1ccccc1. The van der Waals surface area contributed by atoms with Gasteiger partial charge in [-0.05, 0) is 25.3 Å². The van der Waals surface area contributed by atoms with E-state index in [0.717, 1.165) is 10.9 Å². The van der Waals surface area contributed by atoms with E-state index in [4.69, 9.17) is 12.2 Å². The highest BCUT2D eigenvalue weighted by Gasteiger charge is 2.07. The second kappa shape index (κ2) is 5.25. The van der Waals surface area contributed by atoms with Gasteiger partial charge in [-0.15, -0.1) is 11.8 Å². The zero-order valence-corrected chi connectivity index (χ0v) is 9.49. The Morgan fingerprint density at radius 2 is 2.00 bits per heavy atom. The average Bonchev–Trinajstić information content (AvgIpc) is 2.20. The van der Waals surface area contributed by atoms with Crippen LogP contribution >= 0.6 is 24.0 Å². The van der Waals surface area contributed by atoms with Crippen molar-refractivity contribution in [3.63, 3.8) is 0 Å². The Morgan fingerprint density at radius 3 is 2.46 bits per heavy atom. The summed E-state index contributed by atoms with van der Waals surface area (Å²) < 4.78 is 0.925. The molecule has 0 spiro atoms. The van der Waals surface area contributed by atoms with Gasteiger partial charge in [0.05, 0.1) is 0 Å². The van der Waals surface area contributed by atoms with E-state index in [1.54, 1.807) is 11.8 Å². The van der Waals surface area contributed by atoms with Gasteiger partial charge in [-0.1, -0.05) is 30.4 Å². The first-order valence-corrected chi connectivity index (χ1v) is 5.83. The van der Waals surface area contributed by atoms with Crippen molar-refractivity contribution >= 4 is 34.0 Å².